The van der Waals surface area contributed by atoms with Gasteiger partial charge in [-0.15, -0.1) is 0 Å². The number of rotatable bonds is 7. The molecule has 8 nitrogen and oxygen atoms in total. The maximum atomic E-state index is 13.1. The number of amides is 3. The molecular formula is C34H34N4O4. The SMILES string of the molecule is CC(=O)Nc1cc(NC(=O)c2ccc(-c3cc(C(=O)Nc4ccc(N5CCOCC5)cc4)ccc3C)cc2)ccc1C. The molecule has 0 radical (unpaired) electrons. The normalized spacial score (nSPS) is 12.9. The zero-order valence-electron chi connectivity index (χ0n) is 24.0. The Morgan fingerprint density at radius 3 is 1.95 bits per heavy atom. The smallest absolute Gasteiger partial charge is 0.255 e. The summed E-state index contributed by atoms with van der Waals surface area (Å²) in [6.45, 7) is 8.49. The van der Waals surface area contributed by atoms with Crippen molar-refractivity contribution in [1.29, 1.82) is 0 Å². The Bertz CT molecular complexity index is 1610. The molecule has 3 N–H and O–H groups in total. The molecular weight excluding hydrogens is 528 g/mol. The van der Waals surface area contributed by atoms with E-state index in [0.717, 1.165) is 59.9 Å². The van der Waals surface area contributed by atoms with Crippen LogP contribution in [0.5, 0.6) is 0 Å². The second-order valence-electron chi connectivity index (χ2n) is 10.4. The fourth-order valence-corrected chi connectivity index (χ4v) is 4.88. The lowest BCUT2D eigenvalue weighted by molar-refractivity contribution is -0.114. The maximum absolute atomic E-state index is 13.1. The number of anilines is 4. The molecule has 0 aliphatic carbocycles. The summed E-state index contributed by atoms with van der Waals surface area (Å²) in [5.41, 5.74) is 7.85. The summed E-state index contributed by atoms with van der Waals surface area (Å²) in [4.78, 5) is 39.8. The molecule has 8 heteroatoms. The molecule has 4 aromatic rings. The Labute approximate surface area is 245 Å². The average Bonchev–Trinajstić information content (AvgIpc) is 3.00. The first-order chi connectivity index (χ1) is 20.3. The Morgan fingerprint density at radius 1 is 0.667 bits per heavy atom. The van der Waals surface area contributed by atoms with E-state index in [1.165, 1.54) is 6.92 Å². The van der Waals surface area contributed by atoms with E-state index in [4.69, 9.17) is 4.74 Å². The minimum Gasteiger partial charge on any atom is -0.378 e. The summed E-state index contributed by atoms with van der Waals surface area (Å²) in [7, 11) is 0. The number of hydrogen-bond donors (Lipinski definition) is 3. The van der Waals surface area contributed by atoms with E-state index in [0.29, 0.717) is 22.5 Å². The van der Waals surface area contributed by atoms with Crippen molar-refractivity contribution in [2.75, 3.05) is 47.2 Å². The van der Waals surface area contributed by atoms with Crippen molar-refractivity contribution < 1.29 is 19.1 Å². The van der Waals surface area contributed by atoms with Crippen LogP contribution in [0.15, 0.2) is 84.9 Å². The van der Waals surface area contributed by atoms with Gasteiger partial charge in [-0.3, -0.25) is 14.4 Å². The number of carbonyl (C=O) groups is 3. The molecule has 0 unspecified atom stereocenters. The minimum absolute atomic E-state index is 0.174. The number of benzene rings is 4. The lowest BCUT2D eigenvalue weighted by Gasteiger charge is -2.28. The first-order valence-corrected chi connectivity index (χ1v) is 13.9. The van der Waals surface area contributed by atoms with Gasteiger partial charge in [0.15, 0.2) is 0 Å². The third-order valence-electron chi connectivity index (χ3n) is 7.27. The molecule has 0 saturated carbocycles. The lowest BCUT2D eigenvalue weighted by Crippen LogP contribution is -2.36. The largest absolute Gasteiger partial charge is 0.378 e. The van der Waals surface area contributed by atoms with E-state index in [9.17, 15) is 14.4 Å². The standard InChI is InChI=1S/C34H34N4O4/c1-22-4-6-27(34(41)36-28-12-14-30(15-13-28)38-16-18-42-19-17-38)20-31(22)25-7-9-26(10-8-25)33(40)37-29-11-5-23(2)32(21-29)35-24(3)39/h4-15,20-21H,16-19H2,1-3H3,(H,35,39)(H,36,41)(H,37,40). The second-order valence-corrected chi connectivity index (χ2v) is 10.4. The first kappa shape index (κ1) is 28.6. The van der Waals surface area contributed by atoms with Gasteiger partial charge in [0.1, 0.15) is 0 Å². The number of ether oxygens (including phenoxy) is 1. The van der Waals surface area contributed by atoms with Crippen molar-refractivity contribution >= 4 is 40.5 Å². The molecule has 1 saturated heterocycles. The van der Waals surface area contributed by atoms with Crippen molar-refractivity contribution in [2.45, 2.75) is 20.8 Å². The molecule has 214 valence electrons. The van der Waals surface area contributed by atoms with Gasteiger partial charge in [-0.25, -0.2) is 0 Å². The van der Waals surface area contributed by atoms with Crippen molar-refractivity contribution in [2.24, 2.45) is 0 Å². The molecule has 3 amide bonds. The fourth-order valence-electron chi connectivity index (χ4n) is 4.88. The lowest BCUT2D eigenvalue weighted by atomic mass is 9.97. The number of aryl methyl sites for hydroxylation is 2. The topological polar surface area (TPSA) is 99.8 Å². The van der Waals surface area contributed by atoms with Gasteiger partial charge >= 0.3 is 0 Å². The molecule has 0 aromatic heterocycles. The molecule has 0 atom stereocenters. The van der Waals surface area contributed by atoms with Crippen LogP contribution in [0.25, 0.3) is 11.1 Å². The molecule has 0 bridgehead atoms. The van der Waals surface area contributed by atoms with Crippen LogP contribution in [0.4, 0.5) is 22.7 Å². The van der Waals surface area contributed by atoms with Crippen molar-refractivity contribution in [1.82, 2.24) is 0 Å². The van der Waals surface area contributed by atoms with E-state index in [1.807, 2.05) is 74.5 Å². The van der Waals surface area contributed by atoms with Gasteiger partial charge in [-0.05, 0) is 96.8 Å². The number of carbonyl (C=O) groups excluding carboxylic acids is 3. The van der Waals surface area contributed by atoms with Crippen molar-refractivity contribution in [3.8, 4) is 11.1 Å². The monoisotopic (exact) mass is 562 g/mol. The van der Waals surface area contributed by atoms with Gasteiger partial charge in [-0.1, -0.05) is 24.3 Å². The van der Waals surface area contributed by atoms with Crippen LogP contribution >= 0.6 is 0 Å². The summed E-state index contributed by atoms with van der Waals surface area (Å²) in [5.74, 6) is -0.626. The predicted octanol–water partition coefficient (Wildman–Crippen LogP) is 6.27. The number of hydrogen-bond acceptors (Lipinski definition) is 5. The molecule has 1 fully saturated rings. The van der Waals surface area contributed by atoms with E-state index < -0.39 is 0 Å². The number of nitrogens with one attached hydrogen (secondary N) is 3. The van der Waals surface area contributed by atoms with E-state index in [-0.39, 0.29) is 17.7 Å². The highest BCUT2D eigenvalue weighted by Crippen LogP contribution is 2.27. The Balaban J connectivity index is 1.26. The third-order valence-corrected chi connectivity index (χ3v) is 7.27. The minimum atomic E-state index is -0.260. The van der Waals surface area contributed by atoms with Crippen LogP contribution in [0.2, 0.25) is 0 Å². The highest BCUT2D eigenvalue weighted by Gasteiger charge is 2.14. The average molecular weight is 563 g/mol. The summed E-state index contributed by atoms with van der Waals surface area (Å²) in [6, 6.07) is 26.1. The third kappa shape index (κ3) is 6.85. The summed E-state index contributed by atoms with van der Waals surface area (Å²) in [5, 5.41) is 8.65. The van der Waals surface area contributed by atoms with E-state index in [1.54, 1.807) is 24.3 Å². The first-order valence-electron chi connectivity index (χ1n) is 13.9. The molecule has 1 aliphatic heterocycles. The molecule has 1 aliphatic rings. The van der Waals surface area contributed by atoms with Crippen molar-refractivity contribution in [3.05, 3.63) is 107 Å². The Kier molecular flexibility index (Phi) is 8.64. The summed E-state index contributed by atoms with van der Waals surface area (Å²) < 4.78 is 5.42. The molecule has 5 rings (SSSR count). The molecule has 1 heterocycles. The second kappa shape index (κ2) is 12.7. The molecule has 0 spiro atoms. The molecule has 42 heavy (non-hydrogen) atoms. The van der Waals surface area contributed by atoms with Crippen molar-refractivity contribution in [3.63, 3.8) is 0 Å². The van der Waals surface area contributed by atoms with Crippen LogP contribution in [0.3, 0.4) is 0 Å². The highest BCUT2D eigenvalue weighted by molar-refractivity contribution is 6.06. The zero-order chi connectivity index (χ0) is 29.6. The fraction of sp³-hybridized carbons (Fsp3) is 0.206. The van der Waals surface area contributed by atoms with Crippen LogP contribution in [0.1, 0.15) is 38.8 Å². The van der Waals surface area contributed by atoms with Crippen LogP contribution in [-0.2, 0) is 9.53 Å². The predicted molar refractivity (Wildman–Crippen MR) is 167 cm³/mol. The van der Waals surface area contributed by atoms with Crippen LogP contribution < -0.4 is 20.9 Å². The van der Waals surface area contributed by atoms with Gasteiger partial charge in [0.25, 0.3) is 11.8 Å². The molecule has 4 aromatic carbocycles. The highest BCUT2D eigenvalue weighted by atomic mass is 16.5. The Morgan fingerprint density at radius 2 is 1.26 bits per heavy atom. The Hall–Kier alpha value is -4.95. The zero-order valence-corrected chi connectivity index (χ0v) is 24.0. The van der Waals surface area contributed by atoms with Gasteiger partial charge in [0.2, 0.25) is 5.91 Å². The van der Waals surface area contributed by atoms with Gasteiger partial charge in [0, 0.05) is 53.9 Å². The van der Waals surface area contributed by atoms with E-state index in [2.05, 4.69) is 20.9 Å². The summed E-state index contributed by atoms with van der Waals surface area (Å²) >= 11 is 0. The number of nitrogens with zero attached hydrogens (tertiary/aromatic N) is 1. The number of morpholine rings is 1. The summed E-state index contributed by atoms with van der Waals surface area (Å²) in [6.07, 6.45) is 0. The quantitative estimate of drug-likeness (QED) is 0.247. The van der Waals surface area contributed by atoms with E-state index >= 15 is 0 Å². The van der Waals surface area contributed by atoms with Gasteiger partial charge in [0.05, 0.1) is 13.2 Å². The maximum Gasteiger partial charge on any atom is 0.255 e. The van der Waals surface area contributed by atoms with Crippen LogP contribution in [0, 0.1) is 13.8 Å². The van der Waals surface area contributed by atoms with Crippen LogP contribution in [-0.4, -0.2) is 44.0 Å². The van der Waals surface area contributed by atoms with Gasteiger partial charge in [-0.2, -0.15) is 0 Å². The van der Waals surface area contributed by atoms with Gasteiger partial charge < -0.3 is 25.6 Å².